The largest absolute Gasteiger partial charge is 0.507 e. The van der Waals surface area contributed by atoms with Gasteiger partial charge in [-0.15, -0.1) is 0 Å². The maximum Gasteiger partial charge on any atom is 0.311 e. The first-order valence-electron chi connectivity index (χ1n) is 6.16. The number of carbonyl (C=O) groups excluding carboxylic acids is 2. The number of phenols is 2. The van der Waals surface area contributed by atoms with Crippen molar-refractivity contribution in [3.8, 4) is 11.5 Å². The molecule has 10 heteroatoms. The fourth-order valence-corrected chi connectivity index (χ4v) is 1.54. The molecule has 0 radical (unpaired) electrons. The zero-order chi connectivity index (χ0) is 18.3. The fraction of sp³-hybridized carbons (Fsp3) is 0. The molecule has 0 aliphatic heterocycles. The van der Waals surface area contributed by atoms with E-state index in [2.05, 4.69) is 0 Å². The van der Waals surface area contributed by atoms with Crippen molar-refractivity contribution in [2.45, 2.75) is 0 Å². The standard InChI is InChI=1S/2C7H5NO4/c9-4-5-3-6(8(11)12)1-2-7(5)10;9-4-5-2-1-3-6(7(5)10)8(11)12/h2*1-4,10H. The number of carbonyl (C=O) groups is 2. The van der Waals surface area contributed by atoms with Crippen molar-refractivity contribution >= 4 is 23.9 Å². The van der Waals surface area contributed by atoms with Crippen LogP contribution in [0.1, 0.15) is 20.7 Å². The first-order chi connectivity index (χ1) is 11.3. The highest BCUT2D eigenvalue weighted by Crippen LogP contribution is 2.27. The van der Waals surface area contributed by atoms with Crippen molar-refractivity contribution in [3.05, 3.63) is 67.8 Å². The van der Waals surface area contributed by atoms with Gasteiger partial charge in [0.15, 0.2) is 12.6 Å². The second-order valence-electron chi connectivity index (χ2n) is 4.21. The van der Waals surface area contributed by atoms with E-state index < -0.39 is 21.3 Å². The van der Waals surface area contributed by atoms with Gasteiger partial charge in [-0.3, -0.25) is 29.8 Å². The Bertz CT molecular complexity index is 797. The summed E-state index contributed by atoms with van der Waals surface area (Å²) in [6.45, 7) is 0. The Morgan fingerprint density at radius 1 is 0.875 bits per heavy atom. The minimum Gasteiger partial charge on any atom is -0.507 e. The quantitative estimate of drug-likeness (QED) is 0.488. The maximum absolute atomic E-state index is 10.2. The topological polar surface area (TPSA) is 161 Å². The first-order valence-corrected chi connectivity index (χ1v) is 6.16. The van der Waals surface area contributed by atoms with Crippen molar-refractivity contribution in [2.24, 2.45) is 0 Å². The molecule has 10 nitrogen and oxygen atoms in total. The fourth-order valence-electron chi connectivity index (χ4n) is 1.54. The minimum absolute atomic E-state index is 0.0794. The van der Waals surface area contributed by atoms with E-state index in [4.69, 9.17) is 10.2 Å². The molecule has 0 aromatic heterocycles. The Balaban J connectivity index is 0.000000240. The summed E-state index contributed by atoms with van der Waals surface area (Å²) in [4.78, 5) is 39.5. The van der Waals surface area contributed by atoms with Gasteiger partial charge in [-0.25, -0.2) is 0 Å². The summed E-state index contributed by atoms with van der Waals surface area (Å²) in [5.41, 5.74) is -0.831. The third kappa shape index (κ3) is 4.34. The van der Waals surface area contributed by atoms with Crippen LogP contribution in [0.15, 0.2) is 36.4 Å². The predicted octanol–water partition coefficient (Wildman–Crippen LogP) is 2.23. The molecule has 0 saturated heterocycles. The third-order valence-corrected chi connectivity index (χ3v) is 2.72. The first kappa shape index (κ1) is 18.2. The van der Waals surface area contributed by atoms with Crippen LogP contribution in [0.5, 0.6) is 11.5 Å². The highest BCUT2D eigenvalue weighted by Gasteiger charge is 2.15. The van der Waals surface area contributed by atoms with Gasteiger partial charge >= 0.3 is 5.69 Å². The molecule has 0 unspecified atom stereocenters. The highest BCUT2D eigenvalue weighted by molar-refractivity contribution is 5.81. The number of para-hydroxylation sites is 1. The van der Waals surface area contributed by atoms with Gasteiger partial charge in [-0.1, -0.05) is 6.07 Å². The lowest BCUT2D eigenvalue weighted by Gasteiger charge is -1.96. The van der Waals surface area contributed by atoms with Gasteiger partial charge < -0.3 is 10.2 Å². The molecule has 2 aromatic rings. The number of nitro benzene ring substituents is 2. The SMILES string of the molecule is O=Cc1cc([N+](=O)[O-])ccc1O.O=Cc1cccc([N+](=O)[O-])c1O. The van der Waals surface area contributed by atoms with Crippen LogP contribution in [-0.2, 0) is 0 Å². The zero-order valence-corrected chi connectivity index (χ0v) is 11.9. The number of rotatable bonds is 4. The van der Waals surface area contributed by atoms with E-state index >= 15 is 0 Å². The number of non-ortho nitro benzene ring substituents is 1. The van der Waals surface area contributed by atoms with Gasteiger partial charge in [0, 0.05) is 18.2 Å². The Morgan fingerprint density at radius 3 is 2.00 bits per heavy atom. The second kappa shape index (κ2) is 7.98. The third-order valence-electron chi connectivity index (χ3n) is 2.72. The van der Waals surface area contributed by atoms with Crippen molar-refractivity contribution < 1.29 is 29.6 Å². The van der Waals surface area contributed by atoms with Crippen molar-refractivity contribution in [3.63, 3.8) is 0 Å². The van der Waals surface area contributed by atoms with Crippen LogP contribution in [0.3, 0.4) is 0 Å². The summed E-state index contributed by atoms with van der Waals surface area (Å²) in [7, 11) is 0. The van der Waals surface area contributed by atoms with E-state index in [1.165, 1.54) is 12.1 Å². The average Bonchev–Trinajstić information content (AvgIpc) is 2.55. The summed E-state index contributed by atoms with van der Waals surface area (Å²) >= 11 is 0. The van der Waals surface area contributed by atoms with Crippen LogP contribution in [0.25, 0.3) is 0 Å². The van der Waals surface area contributed by atoms with Crippen molar-refractivity contribution in [1.29, 1.82) is 0 Å². The number of benzene rings is 2. The molecule has 0 saturated carbocycles. The molecule has 0 atom stereocenters. The molecule has 0 fully saturated rings. The normalized spacial score (nSPS) is 9.33. The van der Waals surface area contributed by atoms with Crippen LogP contribution in [0.4, 0.5) is 11.4 Å². The number of aldehydes is 2. The maximum atomic E-state index is 10.2. The van der Waals surface area contributed by atoms with Gasteiger partial charge in [0.25, 0.3) is 5.69 Å². The Morgan fingerprint density at radius 2 is 1.50 bits per heavy atom. The molecule has 0 amide bonds. The molecule has 24 heavy (non-hydrogen) atoms. The van der Waals surface area contributed by atoms with E-state index in [-0.39, 0.29) is 22.6 Å². The minimum atomic E-state index is -0.748. The molecule has 0 spiro atoms. The van der Waals surface area contributed by atoms with E-state index in [9.17, 15) is 29.8 Å². The number of hydrogen-bond acceptors (Lipinski definition) is 8. The monoisotopic (exact) mass is 334 g/mol. The van der Waals surface area contributed by atoms with Gasteiger partial charge in [0.2, 0.25) is 5.75 Å². The van der Waals surface area contributed by atoms with E-state index in [0.29, 0.717) is 12.6 Å². The molecular weight excluding hydrogens is 324 g/mol. The summed E-state index contributed by atoms with van der Waals surface area (Å²) < 4.78 is 0. The molecule has 0 aliphatic rings. The van der Waals surface area contributed by atoms with Gasteiger partial charge in [0.1, 0.15) is 5.75 Å². The molecule has 2 aromatic carbocycles. The average molecular weight is 334 g/mol. The lowest BCUT2D eigenvalue weighted by molar-refractivity contribution is -0.385. The van der Waals surface area contributed by atoms with E-state index in [0.717, 1.165) is 24.3 Å². The van der Waals surface area contributed by atoms with Crippen LogP contribution >= 0.6 is 0 Å². The Hall–Kier alpha value is -3.82. The lowest BCUT2D eigenvalue weighted by atomic mass is 10.2. The van der Waals surface area contributed by atoms with Gasteiger partial charge in [-0.2, -0.15) is 0 Å². The molecule has 2 rings (SSSR count). The van der Waals surface area contributed by atoms with Gasteiger partial charge in [0.05, 0.1) is 21.0 Å². The molecule has 124 valence electrons. The van der Waals surface area contributed by atoms with Crippen molar-refractivity contribution in [2.75, 3.05) is 0 Å². The molecular formula is C14H10N2O8. The van der Waals surface area contributed by atoms with E-state index in [1.807, 2.05) is 0 Å². The molecule has 0 heterocycles. The zero-order valence-electron chi connectivity index (χ0n) is 11.9. The van der Waals surface area contributed by atoms with Crippen LogP contribution in [-0.4, -0.2) is 32.6 Å². The molecule has 0 aliphatic carbocycles. The smallest absolute Gasteiger partial charge is 0.311 e. The van der Waals surface area contributed by atoms with E-state index in [1.54, 1.807) is 0 Å². The number of phenolic OH excluding ortho intramolecular Hbond substituents is 2. The highest BCUT2D eigenvalue weighted by atomic mass is 16.6. The molecule has 2 N–H and O–H groups in total. The predicted molar refractivity (Wildman–Crippen MR) is 80.3 cm³/mol. The number of nitro groups is 2. The van der Waals surface area contributed by atoms with Gasteiger partial charge in [-0.05, 0) is 12.1 Å². The summed E-state index contributed by atoms with van der Waals surface area (Å²) in [6.07, 6.45) is 0.727. The number of hydrogen-bond donors (Lipinski definition) is 2. The Kier molecular flexibility index (Phi) is 6.06. The summed E-state index contributed by atoms with van der Waals surface area (Å²) in [5.74, 6) is -0.840. The van der Waals surface area contributed by atoms with Crippen LogP contribution < -0.4 is 0 Å². The number of nitrogens with zero attached hydrogens (tertiary/aromatic N) is 2. The van der Waals surface area contributed by atoms with Crippen molar-refractivity contribution in [1.82, 2.24) is 0 Å². The lowest BCUT2D eigenvalue weighted by Crippen LogP contribution is -1.90. The summed E-state index contributed by atoms with van der Waals surface area (Å²) in [6, 6.07) is 7.02. The molecule has 0 bridgehead atoms. The van der Waals surface area contributed by atoms with Crippen LogP contribution in [0.2, 0.25) is 0 Å². The Labute approximate surface area is 133 Å². The second-order valence-corrected chi connectivity index (χ2v) is 4.21. The number of aromatic hydroxyl groups is 2. The van der Waals surface area contributed by atoms with Crippen LogP contribution in [0, 0.1) is 20.2 Å². The summed E-state index contributed by atoms with van der Waals surface area (Å²) in [5, 5.41) is 38.5.